The van der Waals surface area contributed by atoms with Crippen molar-refractivity contribution in [3.05, 3.63) is 177 Å². The third-order valence-corrected chi connectivity index (χ3v) is 27.3. The van der Waals surface area contributed by atoms with Gasteiger partial charge in [-0.05, 0) is 0 Å². The number of rotatable bonds is 4. The summed E-state index contributed by atoms with van der Waals surface area (Å²) in [6.45, 7) is 4.88. The van der Waals surface area contributed by atoms with Crippen LogP contribution in [0, 0.1) is 0 Å². The van der Waals surface area contributed by atoms with Crippen molar-refractivity contribution in [3.8, 4) is 0 Å². The Morgan fingerprint density at radius 2 is 0.894 bits per heavy atom. The van der Waals surface area contributed by atoms with Crippen molar-refractivity contribution in [1.29, 1.82) is 0 Å². The van der Waals surface area contributed by atoms with E-state index in [0.29, 0.717) is 7.35 Å². The normalized spacial score (nSPS) is 19.5. The minimum absolute atomic E-state index is 0.546. The van der Waals surface area contributed by atoms with Crippen LogP contribution in [0.1, 0.15) is 78.5 Å². The van der Waals surface area contributed by atoms with Crippen molar-refractivity contribution < 1.29 is 20.0 Å². The third kappa shape index (κ3) is 4.21. The van der Waals surface area contributed by atoms with Gasteiger partial charge in [0.15, 0.2) is 0 Å². The molecule has 0 saturated carbocycles. The molecule has 3 aliphatic rings. The Hall–Kier alpha value is -3.81. The van der Waals surface area contributed by atoms with E-state index in [4.69, 9.17) is 0 Å². The monoisotopic (exact) mass is 774 g/mol. The SMILES string of the molecule is CCC1=C(c2cccc3ccccc23)c2c3cccc2[CH]1[Hf]([CH3])([CH3])[CH]1C(CC)=C(c2cccc4ccccc24)c2c(cccc21)CC3. The summed E-state index contributed by atoms with van der Waals surface area (Å²) in [5.41, 5.74) is 18.9. The predicted octanol–water partition coefficient (Wildman–Crippen LogP) is 12.6. The van der Waals surface area contributed by atoms with Gasteiger partial charge in [-0.25, -0.2) is 0 Å². The first-order valence-corrected chi connectivity index (χ1v) is 29.0. The maximum atomic E-state index is 2.82. The van der Waals surface area contributed by atoms with E-state index in [1.54, 1.807) is 44.5 Å². The van der Waals surface area contributed by atoms with Gasteiger partial charge in [-0.2, -0.15) is 0 Å². The summed E-state index contributed by atoms with van der Waals surface area (Å²) in [6.07, 6.45) is 4.32. The molecular weight excluding hydrogens is 731 g/mol. The van der Waals surface area contributed by atoms with Gasteiger partial charge >= 0.3 is 286 Å². The second kappa shape index (κ2) is 11.1. The fourth-order valence-corrected chi connectivity index (χ4v) is 27.8. The Morgan fingerprint density at radius 1 is 0.489 bits per heavy atom. The van der Waals surface area contributed by atoms with Gasteiger partial charge in [-0.15, -0.1) is 0 Å². The molecule has 0 fully saturated rings. The van der Waals surface area contributed by atoms with E-state index in [0.717, 1.165) is 25.7 Å². The van der Waals surface area contributed by atoms with E-state index in [-0.39, 0.29) is 0 Å². The molecule has 6 aromatic rings. The summed E-state index contributed by atoms with van der Waals surface area (Å²) in [5, 5.41) is 5.46. The molecule has 1 heteroatoms. The topological polar surface area (TPSA) is 0 Å². The number of allylic oxidation sites excluding steroid dienone is 2. The van der Waals surface area contributed by atoms with E-state index in [1.807, 2.05) is 0 Å². The molecular formula is C46H42Hf. The molecule has 2 unspecified atom stereocenters. The zero-order valence-electron chi connectivity index (χ0n) is 28.0. The summed E-state index contributed by atoms with van der Waals surface area (Å²) in [7, 11) is 0. The minimum atomic E-state index is -3.37. The van der Waals surface area contributed by atoms with Gasteiger partial charge in [0, 0.05) is 0 Å². The van der Waals surface area contributed by atoms with Gasteiger partial charge in [0.2, 0.25) is 0 Å². The van der Waals surface area contributed by atoms with Crippen LogP contribution in [0.3, 0.4) is 0 Å². The van der Waals surface area contributed by atoms with Gasteiger partial charge in [0.1, 0.15) is 0 Å². The van der Waals surface area contributed by atoms with Crippen molar-refractivity contribution in [2.45, 2.75) is 56.2 Å². The van der Waals surface area contributed by atoms with Crippen LogP contribution in [0.25, 0.3) is 32.7 Å². The molecule has 0 aromatic heterocycles. The fraction of sp³-hybridized carbons (Fsp3) is 0.217. The molecule has 0 N–H and O–H groups in total. The molecule has 230 valence electrons. The van der Waals surface area contributed by atoms with Crippen LogP contribution in [-0.4, -0.2) is 0 Å². The Bertz CT molecular complexity index is 2140. The van der Waals surface area contributed by atoms with Crippen LogP contribution in [0.5, 0.6) is 0 Å². The van der Waals surface area contributed by atoms with Crippen molar-refractivity contribution in [1.82, 2.24) is 0 Å². The van der Waals surface area contributed by atoms with Crippen LogP contribution in [0.4, 0.5) is 0 Å². The van der Waals surface area contributed by atoms with Gasteiger partial charge in [0.25, 0.3) is 0 Å². The van der Waals surface area contributed by atoms with Gasteiger partial charge in [-0.3, -0.25) is 0 Å². The summed E-state index contributed by atoms with van der Waals surface area (Å²) in [6, 6.07) is 46.8. The van der Waals surface area contributed by atoms with Gasteiger partial charge in [0.05, 0.1) is 0 Å². The average molecular weight is 773 g/mol. The van der Waals surface area contributed by atoms with E-state index < -0.39 is 20.0 Å². The quantitative estimate of drug-likeness (QED) is 0.157. The molecule has 2 aliphatic carbocycles. The Balaban J connectivity index is 1.37. The average Bonchev–Trinajstić information content (AvgIpc) is 3.64. The molecule has 9 rings (SSSR count). The van der Waals surface area contributed by atoms with Crippen molar-refractivity contribution in [2.75, 3.05) is 0 Å². The number of benzene rings is 6. The summed E-state index contributed by atoms with van der Waals surface area (Å²) < 4.78 is 6.72. The molecule has 6 aromatic carbocycles. The van der Waals surface area contributed by atoms with Gasteiger partial charge in [-0.1, -0.05) is 0 Å². The molecule has 0 amide bonds. The third-order valence-electron chi connectivity index (χ3n) is 11.9. The Labute approximate surface area is 284 Å². The number of hydrogen-bond donors (Lipinski definition) is 0. The molecule has 0 radical (unpaired) electrons. The first kappa shape index (κ1) is 29.3. The van der Waals surface area contributed by atoms with E-state index in [1.165, 1.54) is 43.8 Å². The van der Waals surface area contributed by atoms with Crippen LogP contribution in [-0.2, 0) is 32.8 Å². The fourth-order valence-electron chi connectivity index (χ4n) is 10.1. The molecule has 2 atom stereocenters. The van der Waals surface area contributed by atoms with Gasteiger partial charge < -0.3 is 0 Å². The number of hydrogen-bond acceptors (Lipinski definition) is 0. The zero-order valence-corrected chi connectivity index (χ0v) is 31.6. The molecule has 1 aliphatic heterocycles. The second-order valence-electron chi connectivity index (χ2n) is 14.5. The maximum absolute atomic E-state index is 3.37. The van der Waals surface area contributed by atoms with E-state index >= 15 is 0 Å². The first-order chi connectivity index (χ1) is 23.0. The molecule has 8 bridgehead atoms. The van der Waals surface area contributed by atoms with Crippen LogP contribution in [0.2, 0.25) is 9.36 Å². The zero-order chi connectivity index (χ0) is 31.9. The van der Waals surface area contributed by atoms with Crippen LogP contribution >= 0.6 is 0 Å². The van der Waals surface area contributed by atoms with Crippen molar-refractivity contribution in [3.63, 3.8) is 0 Å². The Morgan fingerprint density at radius 3 is 1.34 bits per heavy atom. The first-order valence-electron chi connectivity index (χ1n) is 17.7. The second-order valence-corrected chi connectivity index (χ2v) is 31.7. The van der Waals surface area contributed by atoms with E-state index in [2.05, 4.69) is 145 Å². The number of aryl methyl sites for hydroxylation is 2. The Kier molecular flexibility index (Phi) is 6.95. The van der Waals surface area contributed by atoms with Crippen molar-refractivity contribution >= 4 is 32.7 Å². The van der Waals surface area contributed by atoms with Crippen molar-refractivity contribution in [2.24, 2.45) is 0 Å². The molecule has 0 spiro atoms. The summed E-state index contributed by atoms with van der Waals surface area (Å²) in [4.78, 5) is 0. The van der Waals surface area contributed by atoms with Crippen LogP contribution in [0.15, 0.2) is 132 Å². The molecule has 0 nitrogen and oxygen atoms in total. The predicted molar refractivity (Wildman–Crippen MR) is 198 cm³/mol. The summed E-state index contributed by atoms with van der Waals surface area (Å²) in [5.74, 6) is 0. The molecule has 1 heterocycles. The molecule has 47 heavy (non-hydrogen) atoms. The summed E-state index contributed by atoms with van der Waals surface area (Å²) >= 11 is -3.37. The van der Waals surface area contributed by atoms with Crippen LogP contribution < -0.4 is 0 Å². The molecule has 0 saturated heterocycles. The van der Waals surface area contributed by atoms with E-state index in [9.17, 15) is 0 Å². The standard InChI is InChI=1S/C44H36.2CH3.Hf/c1-3-29-27-35-19-9-17-33(41(35)43(29)39-23-11-15-31-13-5-7-21-37(31)39)25-26-34-18-10-20-36-28-30(4-2)44(42(34)36)40-24-12-16-32-14-6-8-22-38(32)40;;;/h5-24,27-28H,3-4,25-26H2,1-2H3;2*1H3;. The number of fused-ring (bicyclic) bond motifs is 2.